The number of aliphatic carboxylic acids is 1. The number of aryl methyl sites for hydroxylation is 2. The Morgan fingerprint density at radius 3 is 2.26 bits per heavy atom. The standard InChI is InChI=1S/C18H27NO4/c1-3-4-5-8-14-9-6-7-10-15(14)11-12-16(21)19-17(13(2)20)18(22)23/h6-7,9-10,13,17,20H,3-5,8,11-12H2,1-2H3,(H,19,21)(H,22,23)/t13-,17+/m1/s1. The first-order valence-electron chi connectivity index (χ1n) is 8.22. The van der Waals surface area contributed by atoms with E-state index in [1.807, 2.05) is 18.2 Å². The topological polar surface area (TPSA) is 86.6 Å². The molecule has 1 aromatic rings. The lowest BCUT2D eigenvalue weighted by Gasteiger charge is -2.17. The van der Waals surface area contributed by atoms with Crippen LogP contribution in [0.25, 0.3) is 0 Å². The first kappa shape index (κ1) is 19.2. The predicted octanol–water partition coefficient (Wildman–Crippen LogP) is 2.30. The molecule has 0 radical (unpaired) electrons. The number of carbonyl (C=O) groups excluding carboxylic acids is 1. The first-order chi connectivity index (χ1) is 11.0. The van der Waals surface area contributed by atoms with Crippen LogP contribution in [0.3, 0.4) is 0 Å². The van der Waals surface area contributed by atoms with E-state index >= 15 is 0 Å². The molecule has 0 spiro atoms. The van der Waals surface area contributed by atoms with Crippen molar-refractivity contribution in [1.82, 2.24) is 5.32 Å². The van der Waals surface area contributed by atoms with Crippen LogP contribution < -0.4 is 5.32 Å². The number of carboxylic acid groups (broad SMARTS) is 1. The zero-order valence-corrected chi connectivity index (χ0v) is 13.9. The van der Waals surface area contributed by atoms with Crippen molar-refractivity contribution in [3.8, 4) is 0 Å². The van der Waals surface area contributed by atoms with Gasteiger partial charge < -0.3 is 15.5 Å². The summed E-state index contributed by atoms with van der Waals surface area (Å²) in [6, 6.07) is 6.78. The molecule has 5 nitrogen and oxygen atoms in total. The SMILES string of the molecule is CCCCCc1ccccc1CCC(=O)N[C@H](C(=O)O)[C@@H](C)O. The average molecular weight is 321 g/mol. The summed E-state index contributed by atoms with van der Waals surface area (Å²) < 4.78 is 0. The second-order valence-electron chi connectivity index (χ2n) is 5.85. The number of carbonyl (C=O) groups is 2. The molecule has 0 fully saturated rings. The molecule has 0 bridgehead atoms. The lowest BCUT2D eigenvalue weighted by Crippen LogP contribution is -2.47. The highest BCUT2D eigenvalue weighted by atomic mass is 16.4. The molecule has 0 unspecified atom stereocenters. The molecule has 2 atom stereocenters. The highest BCUT2D eigenvalue weighted by Gasteiger charge is 2.24. The van der Waals surface area contributed by atoms with Gasteiger partial charge >= 0.3 is 5.97 Å². The van der Waals surface area contributed by atoms with Crippen LogP contribution in [0.15, 0.2) is 24.3 Å². The monoisotopic (exact) mass is 321 g/mol. The van der Waals surface area contributed by atoms with Crippen molar-refractivity contribution in [2.45, 2.75) is 64.5 Å². The molecular weight excluding hydrogens is 294 g/mol. The van der Waals surface area contributed by atoms with E-state index in [0.29, 0.717) is 6.42 Å². The minimum absolute atomic E-state index is 0.210. The number of rotatable bonds is 10. The Bertz CT molecular complexity index is 513. The summed E-state index contributed by atoms with van der Waals surface area (Å²) in [6.07, 6.45) is 4.13. The van der Waals surface area contributed by atoms with E-state index in [1.165, 1.54) is 25.3 Å². The van der Waals surface area contributed by atoms with Gasteiger partial charge in [-0.1, -0.05) is 44.0 Å². The zero-order chi connectivity index (χ0) is 17.2. The second-order valence-corrected chi connectivity index (χ2v) is 5.85. The molecule has 0 aliphatic rings. The number of hydrogen-bond acceptors (Lipinski definition) is 3. The molecule has 0 heterocycles. The fourth-order valence-electron chi connectivity index (χ4n) is 2.49. The summed E-state index contributed by atoms with van der Waals surface area (Å²) in [7, 11) is 0. The summed E-state index contributed by atoms with van der Waals surface area (Å²) in [6.45, 7) is 3.51. The third kappa shape index (κ3) is 6.82. The fraction of sp³-hybridized carbons (Fsp3) is 0.556. The lowest BCUT2D eigenvalue weighted by molar-refractivity contribution is -0.144. The van der Waals surface area contributed by atoms with Gasteiger partial charge in [-0.15, -0.1) is 0 Å². The minimum atomic E-state index is -1.26. The summed E-state index contributed by atoms with van der Waals surface area (Å²) in [4.78, 5) is 22.9. The van der Waals surface area contributed by atoms with Crippen LogP contribution in [0.2, 0.25) is 0 Å². The Balaban J connectivity index is 2.57. The molecule has 1 aromatic carbocycles. The molecular formula is C18H27NO4. The van der Waals surface area contributed by atoms with Gasteiger partial charge in [0.1, 0.15) is 0 Å². The number of amides is 1. The molecule has 0 saturated carbocycles. The minimum Gasteiger partial charge on any atom is -0.480 e. The third-order valence-corrected chi connectivity index (χ3v) is 3.85. The smallest absolute Gasteiger partial charge is 0.328 e. The second kappa shape index (κ2) is 10.0. The van der Waals surface area contributed by atoms with Crippen molar-refractivity contribution in [1.29, 1.82) is 0 Å². The molecule has 0 saturated heterocycles. The van der Waals surface area contributed by atoms with Crippen LogP contribution in [0.1, 0.15) is 50.7 Å². The van der Waals surface area contributed by atoms with Crippen LogP contribution in [0.4, 0.5) is 0 Å². The van der Waals surface area contributed by atoms with Crippen molar-refractivity contribution in [2.24, 2.45) is 0 Å². The van der Waals surface area contributed by atoms with Gasteiger partial charge in [0.15, 0.2) is 6.04 Å². The maximum atomic E-state index is 11.9. The average Bonchev–Trinajstić information content (AvgIpc) is 2.51. The van der Waals surface area contributed by atoms with Gasteiger partial charge in [-0.05, 0) is 37.3 Å². The molecule has 1 rings (SSSR count). The normalized spacial score (nSPS) is 13.3. The number of aliphatic hydroxyl groups excluding tert-OH is 1. The number of hydrogen-bond donors (Lipinski definition) is 3. The Morgan fingerprint density at radius 2 is 1.74 bits per heavy atom. The van der Waals surface area contributed by atoms with Crippen molar-refractivity contribution in [3.63, 3.8) is 0 Å². The fourth-order valence-corrected chi connectivity index (χ4v) is 2.49. The van der Waals surface area contributed by atoms with Crippen LogP contribution in [0.5, 0.6) is 0 Å². The van der Waals surface area contributed by atoms with Crippen LogP contribution in [0, 0.1) is 0 Å². The van der Waals surface area contributed by atoms with Crippen molar-refractivity contribution in [2.75, 3.05) is 0 Å². The first-order valence-corrected chi connectivity index (χ1v) is 8.22. The number of aliphatic hydroxyl groups is 1. The Labute approximate surface area is 137 Å². The van der Waals surface area contributed by atoms with E-state index in [4.69, 9.17) is 5.11 Å². The Hall–Kier alpha value is -1.88. The van der Waals surface area contributed by atoms with Crippen LogP contribution >= 0.6 is 0 Å². The maximum Gasteiger partial charge on any atom is 0.328 e. The zero-order valence-electron chi connectivity index (χ0n) is 13.9. The van der Waals surface area contributed by atoms with Crippen molar-refractivity contribution < 1.29 is 19.8 Å². The molecule has 0 aromatic heterocycles. The molecule has 1 amide bonds. The van der Waals surface area contributed by atoms with Gasteiger partial charge in [0.2, 0.25) is 5.91 Å². The summed E-state index contributed by atoms with van der Waals surface area (Å²) >= 11 is 0. The van der Waals surface area contributed by atoms with Crippen molar-refractivity contribution in [3.05, 3.63) is 35.4 Å². The molecule has 0 aliphatic heterocycles. The van der Waals surface area contributed by atoms with Gasteiger partial charge in [-0.3, -0.25) is 4.79 Å². The van der Waals surface area contributed by atoms with E-state index in [2.05, 4.69) is 18.3 Å². The molecule has 128 valence electrons. The highest BCUT2D eigenvalue weighted by molar-refractivity contribution is 5.84. The predicted molar refractivity (Wildman–Crippen MR) is 89.2 cm³/mol. The molecule has 3 N–H and O–H groups in total. The van der Waals surface area contributed by atoms with Gasteiger partial charge in [-0.25, -0.2) is 4.79 Å². The molecule has 0 aliphatic carbocycles. The quantitative estimate of drug-likeness (QED) is 0.577. The summed E-state index contributed by atoms with van der Waals surface area (Å²) in [5.41, 5.74) is 2.38. The Kier molecular flexibility index (Phi) is 8.33. The van der Waals surface area contributed by atoms with E-state index in [1.54, 1.807) is 0 Å². The van der Waals surface area contributed by atoms with E-state index in [9.17, 15) is 14.7 Å². The van der Waals surface area contributed by atoms with E-state index in [-0.39, 0.29) is 12.3 Å². The highest BCUT2D eigenvalue weighted by Crippen LogP contribution is 2.14. The maximum absolute atomic E-state index is 11.9. The number of carboxylic acids is 1. The molecule has 23 heavy (non-hydrogen) atoms. The third-order valence-electron chi connectivity index (χ3n) is 3.85. The summed E-state index contributed by atoms with van der Waals surface area (Å²) in [5, 5.41) is 20.7. The number of benzene rings is 1. The van der Waals surface area contributed by atoms with Crippen LogP contribution in [-0.2, 0) is 22.4 Å². The van der Waals surface area contributed by atoms with E-state index < -0.39 is 18.1 Å². The largest absolute Gasteiger partial charge is 0.480 e. The number of nitrogens with one attached hydrogen (secondary N) is 1. The van der Waals surface area contributed by atoms with E-state index in [0.717, 1.165) is 18.4 Å². The molecule has 5 heteroatoms. The van der Waals surface area contributed by atoms with Gasteiger partial charge in [-0.2, -0.15) is 0 Å². The van der Waals surface area contributed by atoms with Crippen molar-refractivity contribution >= 4 is 11.9 Å². The van der Waals surface area contributed by atoms with Gasteiger partial charge in [0, 0.05) is 6.42 Å². The Morgan fingerprint density at radius 1 is 1.13 bits per heavy atom. The van der Waals surface area contributed by atoms with Gasteiger partial charge in [0.25, 0.3) is 0 Å². The van der Waals surface area contributed by atoms with Gasteiger partial charge in [0.05, 0.1) is 6.10 Å². The summed E-state index contributed by atoms with van der Waals surface area (Å²) in [5.74, 6) is -1.59. The lowest BCUT2D eigenvalue weighted by atomic mass is 9.98. The van der Waals surface area contributed by atoms with Crippen LogP contribution in [-0.4, -0.2) is 34.2 Å². The number of unbranched alkanes of at least 4 members (excludes halogenated alkanes) is 2.